The van der Waals surface area contributed by atoms with E-state index in [1.54, 1.807) is 6.92 Å². The standard InChI is InChI=1S/C8H14N2O5/c1-2-15-8(14)5(3-7(12)13)10-6(11)4-9/h5H,2-4,9H2,1H3,(H,10,11)(H,12,13)/t5-/m0/s1. The van der Waals surface area contributed by atoms with E-state index in [1.165, 1.54) is 0 Å². The summed E-state index contributed by atoms with van der Waals surface area (Å²) < 4.78 is 4.59. The first-order valence-corrected chi connectivity index (χ1v) is 4.39. The smallest absolute Gasteiger partial charge is 0.329 e. The number of esters is 1. The summed E-state index contributed by atoms with van der Waals surface area (Å²) in [5.74, 6) is -2.58. The normalized spacial score (nSPS) is 11.6. The molecule has 0 rings (SSSR count). The van der Waals surface area contributed by atoms with E-state index in [4.69, 9.17) is 10.8 Å². The Balaban J connectivity index is 4.36. The highest BCUT2D eigenvalue weighted by Gasteiger charge is 2.24. The predicted octanol–water partition coefficient (Wildman–Crippen LogP) is -1.53. The van der Waals surface area contributed by atoms with Crippen LogP contribution in [0, 0.1) is 0 Å². The summed E-state index contributed by atoms with van der Waals surface area (Å²) in [6, 6.07) is -1.18. The lowest BCUT2D eigenvalue weighted by Crippen LogP contribution is -2.45. The number of carbonyl (C=O) groups excluding carboxylic acids is 2. The van der Waals surface area contributed by atoms with E-state index in [0.717, 1.165) is 0 Å². The zero-order valence-electron chi connectivity index (χ0n) is 8.36. The number of nitrogens with one attached hydrogen (secondary N) is 1. The lowest BCUT2D eigenvalue weighted by molar-refractivity contribution is -0.151. The number of amides is 1. The van der Waals surface area contributed by atoms with E-state index in [1.807, 2.05) is 0 Å². The topological polar surface area (TPSA) is 119 Å². The van der Waals surface area contributed by atoms with Gasteiger partial charge in [0, 0.05) is 0 Å². The highest BCUT2D eigenvalue weighted by molar-refractivity contribution is 5.88. The van der Waals surface area contributed by atoms with Crippen molar-refractivity contribution in [3.8, 4) is 0 Å². The Labute approximate surface area is 86.6 Å². The Hall–Kier alpha value is -1.63. The largest absolute Gasteiger partial charge is 0.481 e. The summed E-state index contributed by atoms with van der Waals surface area (Å²) >= 11 is 0. The fourth-order valence-corrected chi connectivity index (χ4v) is 0.864. The molecule has 0 aliphatic rings. The zero-order chi connectivity index (χ0) is 11.8. The second-order valence-corrected chi connectivity index (χ2v) is 2.67. The molecule has 15 heavy (non-hydrogen) atoms. The Morgan fingerprint density at radius 3 is 2.47 bits per heavy atom. The van der Waals surface area contributed by atoms with Crippen molar-refractivity contribution in [2.24, 2.45) is 5.73 Å². The molecule has 0 unspecified atom stereocenters. The minimum absolute atomic E-state index is 0.118. The number of rotatable bonds is 6. The van der Waals surface area contributed by atoms with Crippen LogP contribution in [0.25, 0.3) is 0 Å². The van der Waals surface area contributed by atoms with Crippen LogP contribution in [0.1, 0.15) is 13.3 Å². The summed E-state index contributed by atoms with van der Waals surface area (Å²) in [5.41, 5.74) is 5.01. The number of carboxylic acids is 1. The van der Waals surface area contributed by atoms with Gasteiger partial charge in [-0.15, -0.1) is 0 Å². The van der Waals surface area contributed by atoms with Gasteiger partial charge in [0.25, 0.3) is 0 Å². The van der Waals surface area contributed by atoms with Gasteiger partial charge >= 0.3 is 11.9 Å². The van der Waals surface area contributed by atoms with Crippen molar-refractivity contribution in [3.05, 3.63) is 0 Å². The third-order valence-corrected chi connectivity index (χ3v) is 1.47. The quantitative estimate of drug-likeness (QED) is 0.465. The van der Waals surface area contributed by atoms with Gasteiger partial charge in [0.2, 0.25) is 5.91 Å². The van der Waals surface area contributed by atoms with E-state index >= 15 is 0 Å². The fraction of sp³-hybridized carbons (Fsp3) is 0.625. The summed E-state index contributed by atoms with van der Waals surface area (Å²) in [7, 11) is 0. The number of carbonyl (C=O) groups is 3. The molecule has 0 spiro atoms. The Morgan fingerprint density at radius 1 is 1.47 bits per heavy atom. The van der Waals surface area contributed by atoms with Crippen LogP contribution in [-0.4, -0.2) is 42.1 Å². The van der Waals surface area contributed by atoms with E-state index < -0.39 is 30.3 Å². The average molecular weight is 218 g/mol. The number of nitrogens with two attached hydrogens (primary N) is 1. The van der Waals surface area contributed by atoms with E-state index in [2.05, 4.69) is 10.1 Å². The molecule has 0 aliphatic carbocycles. The molecule has 0 aromatic heterocycles. The van der Waals surface area contributed by atoms with Crippen LogP contribution in [0.15, 0.2) is 0 Å². The van der Waals surface area contributed by atoms with Gasteiger partial charge in [-0.05, 0) is 6.92 Å². The first-order valence-electron chi connectivity index (χ1n) is 4.39. The summed E-state index contributed by atoms with van der Waals surface area (Å²) in [4.78, 5) is 32.5. The molecule has 0 heterocycles. The number of carboxylic acid groups (broad SMARTS) is 1. The van der Waals surface area contributed by atoms with Crippen molar-refractivity contribution in [2.75, 3.05) is 13.2 Å². The van der Waals surface area contributed by atoms with E-state index in [-0.39, 0.29) is 13.2 Å². The van der Waals surface area contributed by atoms with Crippen LogP contribution in [0.3, 0.4) is 0 Å². The highest BCUT2D eigenvalue weighted by atomic mass is 16.5. The highest BCUT2D eigenvalue weighted by Crippen LogP contribution is 1.96. The third-order valence-electron chi connectivity index (χ3n) is 1.47. The van der Waals surface area contributed by atoms with Crippen LogP contribution < -0.4 is 11.1 Å². The number of hydrogen-bond donors (Lipinski definition) is 3. The fourth-order valence-electron chi connectivity index (χ4n) is 0.864. The summed E-state index contributed by atoms with van der Waals surface area (Å²) in [5, 5.41) is 10.7. The van der Waals surface area contributed by atoms with Crippen molar-refractivity contribution in [1.29, 1.82) is 0 Å². The molecule has 0 saturated carbocycles. The Morgan fingerprint density at radius 2 is 2.07 bits per heavy atom. The minimum Gasteiger partial charge on any atom is -0.481 e. The summed E-state index contributed by atoms with van der Waals surface area (Å²) in [6.45, 7) is 1.39. The van der Waals surface area contributed by atoms with Crippen LogP contribution in [0.5, 0.6) is 0 Å². The van der Waals surface area contributed by atoms with E-state index in [0.29, 0.717) is 0 Å². The van der Waals surface area contributed by atoms with Crippen molar-refractivity contribution in [2.45, 2.75) is 19.4 Å². The molecule has 0 aliphatic heterocycles. The zero-order valence-corrected chi connectivity index (χ0v) is 8.36. The van der Waals surface area contributed by atoms with Gasteiger partial charge in [-0.3, -0.25) is 9.59 Å². The first kappa shape index (κ1) is 13.4. The molecule has 86 valence electrons. The minimum atomic E-state index is -1.20. The molecular weight excluding hydrogens is 204 g/mol. The van der Waals surface area contributed by atoms with Gasteiger partial charge in [0.1, 0.15) is 6.04 Å². The molecule has 1 amide bonds. The average Bonchev–Trinajstić information content (AvgIpc) is 2.16. The maximum atomic E-state index is 11.2. The van der Waals surface area contributed by atoms with Gasteiger partial charge < -0.3 is 20.9 Å². The van der Waals surface area contributed by atoms with E-state index in [9.17, 15) is 14.4 Å². The molecule has 4 N–H and O–H groups in total. The second kappa shape index (κ2) is 6.77. The van der Waals surface area contributed by atoms with Crippen LogP contribution >= 0.6 is 0 Å². The molecule has 0 radical (unpaired) electrons. The molecule has 0 aromatic rings. The van der Waals surface area contributed by atoms with Crippen molar-refractivity contribution >= 4 is 17.8 Å². The lowest BCUT2D eigenvalue weighted by Gasteiger charge is -2.14. The molecule has 0 aromatic carbocycles. The number of ether oxygens (including phenoxy) is 1. The molecule has 0 bridgehead atoms. The maximum Gasteiger partial charge on any atom is 0.329 e. The maximum absolute atomic E-state index is 11.2. The first-order chi connectivity index (χ1) is 7.01. The molecule has 1 atom stereocenters. The van der Waals surface area contributed by atoms with Crippen LogP contribution in [0.4, 0.5) is 0 Å². The molecule has 0 fully saturated rings. The van der Waals surface area contributed by atoms with Gasteiger partial charge in [-0.2, -0.15) is 0 Å². The van der Waals surface area contributed by atoms with Gasteiger partial charge in [-0.1, -0.05) is 0 Å². The lowest BCUT2D eigenvalue weighted by atomic mass is 10.2. The van der Waals surface area contributed by atoms with Crippen molar-refractivity contribution in [1.82, 2.24) is 5.32 Å². The monoisotopic (exact) mass is 218 g/mol. The van der Waals surface area contributed by atoms with Gasteiger partial charge in [0.15, 0.2) is 0 Å². The van der Waals surface area contributed by atoms with Crippen molar-refractivity contribution in [3.63, 3.8) is 0 Å². The predicted molar refractivity (Wildman–Crippen MR) is 49.9 cm³/mol. The number of aliphatic carboxylic acids is 1. The third kappa shape index (κ3) is 5.63. The van der Waals surface area contributed by atoms with Crippen molar-refractivity contribution < 1.29 is 24.2 Å². The number of hydrogen-bond acceptors (Lipinski definition) is 5. The molecule has 7 nitrogen and oxygen atoms in total. The van der Waals surface area contributed by atoms with Gasteiger partial charge in [-0.25, -0.2) is 4.79 Å². The molecule has 0 saturated heterocycles. The second-order valence-electron chi connectivity index (χ2n) is 2.67. The molecular formula is C8H14N2O5. The van der Waals surface area contributed by atoms with Crippen LogP contribution in [0.2, 0.25) is 0 Å². The summed E-state index contributed by atoms with van der Waals surface area (Å²) in [6.07, 6.45) is -0.523. The van der Waals surface area contributed by atoms with Gasteiger partial charge in [0.05, 0.1) is 19.6 Å². The Bertz CT molecular complexity index is 253. The Kier molecular flexibility index (Phi) is 6.03. The molecule has 7 heteroatoms. The SMILES string of the molecule is CCOC(=O)[C@H](CC(=O)O)NC(=O)CN. The van der Waals surface area contributed by atoms with Crippen LogP contribution in [-0.2, 0) is 19.1 Å².